The molecule has 37 heavy (non-hydrogen) atoms. The fourth-order valence-corrected chi connectivity index (χ4v) is 3.75. The van der Waals surface area contributed by atoms with Gasteiger partial charge in [0.15, 0.2) is 0 Å². The minimum atomic E-state index is -1.22. The van der Waals surface area contributed by atoms with Gasteiger partial charge in [-0.1, -0.05) is 32.1 Å². The molecule has 0 saturated carbocycles. The zero-order valence-electron chi connectivity index (χ0n) is 20.7. The van der Waals surface area contributed by atoms with E-state index in [1.807, 2.05) is 13.8 Å². The fraction of sp³-hybridized carbons (Fsp3) is 0.296. The van der Waals surface area contributed by atoms with Gasteiger partial charge in [-0.15, -0.1) is 0 Å². The van der Waals surface area contributed by atoms with Crippen LogP contribution in [0.15, 0.2) is 54.7 Å². The summed E-state index contributed by atoms with van der Waals surface area (Å²) in [6, 6.07) is 10.8. The zero-order chi connectivity index (χ0) is 27.1. The van der Waals surface area contributed by atoms with Crippen LogP contribution in [-0.4, -0.2) is 54.4 Å². The Morgan fingerprint density at radius 2 is 1.78 bits per heavy atom. The number of carboxylic acid groups (broad SMARTS) is 1. The van der Waals surface area contributed by atoms with Crippen LogP contribution in [0.4, 0.5) is 16.2 Å². The first-order chi connectivity index (χ1) is 17.6. The third-order valence-electron chi connectivity index (χ3n) is 5.43. The average Bonchev–Trinajstić information content (AvgIpc) is 2.83. The molecule has 0 spiro atoms. The fourth-order valence-electron chi connectivity index (χ4n) is 3.75. The summed E-state index contributed by atoms with van der Waals surface area (Å²) in [4.78, 5) is 38.3. The molecule has 3 aromatic rings. The number of aromatic nitrogens is 3. The van der Waals surface area contributed by atoms with Crippen molar-refractivity contribution in [2.45, 2.75) is 51.7 Å². The van der Waals surface area contributed by atoms with E-state index in [0.29, 0.717) is 28.3 Å². The van der Waals surface area contributed by atoms with E-state index in [9.17, 15) is 24.2 Å². The van der Waals surface area contributed by atoms with Gasteiger partial charge in [0.05, 0.1) is 30.0 Å². The highest BCUT2D eigenvalue weighted by atomic mass is 19.1. The van der Waals surface area contributed by atoms with Crippen LogP contribution in [0.3, 0.4) is 0 Å². The number of amides is 1. The average molecular weight is 509 g/mol. The SMILES string of the molecule is CC(=O)N(c1ccccn1)c1nc(-c2ccc(F)cc2)c(C=C[C@@H](O)C[C@@H](O)CC(=O)O)c(C(C)C)n1. The number of carboxylic acids is 1. The van der Waals surface area contributed by atoms with Gasteiger partial charge in [-0.3, -0.25) is 9.59 Å². The van der Waals surface area contributed by atoms with Crippen molar-refractivity contribution < 1.29 is 29.3 Å². The lowest BCUT2D eigenvalue weighted by Crippen LogP contribution is -2.26. The van der Waals surface area contributed by atoms with Gasteiger partial charge in [0.25, 0.3) is 0 Å². The van der Waals surface area contributed by atoms with E-state index in [1.165, 1.54) is 30.0 Å². The Balaban J connectivity index is 2.16. The van der Waals surface area contributed by atoms with Gasteiger partial charge in [0, 0.05) is 30.7 Å². The molecule has 0 aliphatic heterocycles. The molecule has 0 saturated heterocycles. The maximum atomic E-state index is 13.7. The minimum Gasteiger partial charge on any atom is -0.481 e. The van der Waals surface area contributed by atoms with E-state index in [-0.39, 0.29) is 24.2 Å². The molecule has 0 fully saturated rings. The predicted molar refractivity (Wildman–Crippen MR) is 136 cm³/mol. The van der Waals surface area contributed by atoms with Crippen LogP contribution in [0.2, 0.25) is 0 Å². The number of hydrogen-bond acceptors (Lipinski definition) is 7. The monoisotopic (exact) mass is 508 g/mol. The summed E-state index contributed by atoms with van der Waals surface area (Å²) in [7, 11) is 0. The Bertz CT molecular complexity index is 1270. The van der Waals surface area contributed by atoms with E-state index in [0.717, 1.165) is 0 Å². The first-order valence-electron chi connectivity index (χ1n) is 11.7. The number of carbonyl (C=O) groups is 2. The van der Waals surface area contributed by atoms with Gasteiger partial charge in [-0.2, -0.15) is 0 Å². The number of halogens is 1. The Morgan fingerprint density at radius 3 is 2.35 bits per heavy atom. The Hall–Kier alpha value is -4.02. The second-order valence-electron chi connectivity index (χ2n) is 8.79. The largest absolute Gasteiger partial charge is 0.481 e. The zero-order valence-corrected chi connectivity index (χ0v) is 20.7. The van der Waals surface area contributed by atoms with Crippen molar-refractivity contribution >= 4 is 29.7 Å². The summed E-state index contributed by atoms with van der Waals surface area (Å²) in [6.07, 6.45) is 1.53. The molecule has 0 radical (unpaired) electrons. The summed E-state index contributed by atoms with van der Waals surface area (Å²) in [6.45, 7) is 5.19. The molecule has 2 atom stereocenters. The summed E-state index contributed by atoms with van der Waals surface area (Å²) >= 11 is 0. The van der Waals surface area contributed by atoms with Crippen LogP contribution in [0, 0.1) is 5.82 Å². The predicted octanol–water partition coefficient (Wildman–Crippen LogP) is 4.09. The molecule has 2 heterocycles. The number of nitrogens with zero attached hydrogens (tertiary/aromatic N) is 4. The number of aliphatic carboxylic acids is 1. The van der Waals surface area contributed by atoms with Crippen molar-refractivity contribution in [3.05, 3.63) is 71.8 Å². The van der Waals surface area contributed by atoms with E-state index >= 15 is 0 Å². The van der Waals surface area contributed by atoms with Crippen LogP contribution >= 0.6 is 0 Å². The topological polar surface area (TPSA) is 137 Å². The van der Waals surface area contributed by atoms with Gasteiger partial charge < -0.3 is 15.3 Å². The third kappa shape index (κ3) is 7.25. The summed E-state index contributed by atoms with van der Waals surface area (Å²) < 4.78 is 13.7. The Kier molecular flexibility index (Phi) is 9.15. The van der Waals surface area contributed by atoms with E-state index in [2.05, 4.69) is 15.0 Å². The lowest BCUT2D eigenvalue weighted by Gasteiger charge is -2.22. The second kappa shape index (κ2) is 12.3. The first-order valence-corrected chi connectivity index (χ1v) is 11.7. The van der Waals surface area contributed by atoms with Crippen LogP contribution in [0.5, 0.6) is 0 Å². The van der Waals surface area contributed by atoms with Gasteiger partial charge in [0.1, 0.15) is 11.6 Å². The molecule has 2 aromatic heterocycles. The highest BCUT2D eigenvalue weighted by molar-refractivity contribution is 5.96. The van der Waals surface area contributed by atoms with Crippen LogP contribution in [-0.2, 0) is 9.59 Å². The third-order valence-corrected chi connectivity index (χ3v) is 5.43. The van der Waals surface area contributed by atoms with Gasteiger partial charge in [-0.25, -0.2) is 24.2 Å². The Labute approximate surface area is 214 Å². The number of rotatable bonds is 10. The number of anilines is 2. The number of benzene rings is 1. The van der Waals surface area contributed by atoms with Crippen molar-refractivity contribution in [3.8, 4) is 11.3 Å². The van der Waals surface area contributed by atoms with Gasteiger partial charge >= 0.3 is 5.97 Å². The number of pyridine rings is 1. The van der Waals surface area contributed by atoms with E-state index in [4.69, 9.17) is 5.11 Å². The molecule has 3 N–H and O–H groups in total. The lowest BCUT2D eigenvalue weighted by molar-refractivity contribution is -0.139. The van der Waals surface area contributed by atoms with Gasteiger partial charge in [-0.05, 0) is 42.3 Å². The van der Waals surface area contributed by atoms with Crippen molar-refractivity contribution in [3.63, 3.8) is 0 Å². The second-order valence-corrected chi connectivity index (χ2v) is 8.79. The molecule has 0 unspecified atom stereocenters. The summed E-state index contributed by atoms with van der Waals surface area (Å²) in [5, 5.41) is 29.1. The normalized spacial score (nSPS) is 13.1. The summed E-state index contributed by atoms with van der Waals surface area (Å²) in [5.41, 5.74) is 2.03. The number of aliphatic hydroxyl groups is 2. The van der Waals surface area contributed by atoms with Crippen LogP contribution < -0.4 is 4.90 Å². The molecule has 0 aliphatic carbocycles. The Morgan fingerprint density at radius 1 is 1.08 bits per heavy atom. The van der Waals surface area contributed by atoms with Gasteiger partial charge in [0.2, 0.25) is 11.9 Å². The maximum absolute atomic E-state index is 13.7. The molecule has 10 heteroatoms. The highest BCUT2D eigenvalue weighted by Gasteiger charge is 2.24. The maximum Gasteiger partial charge on any atom is 0.305 e. The molecule has 0 bridgehead atoms. The molecule has 9 nitrogen and oxygen atoms in total. The summed E-state index contributed by atoms with van der Waals surface area (Å²) in [5.74, 6) is -1.68. The molecule has 0 aliphatic rings. The smallest absolute Gasteiger partial charge is 0.305 e. The number of hydrogen-bond donors (Lipinski definition) is 3. The molecular formula is C27H29FN4O5. The molecule has 1 aromatic carbocycles. The minimum absolute atomic E-state index is 0.0869. The molecule has 1 amide bonds. The van der Waals surface area contributed by atoms with Crippen LogP contribution in [0.1, 0.15) is 50.8 Å². The van der Waals surface area contributed by atoms with Crippen molar-refractivity contribution in [1.29, 1.82) is 0 Å². The number of aliphatic hydroxyl groups excluding tert-OH is 2. The van der Waals surface area contributed by atoms with E-state index < -0.39 is 30.4 Å². The molecule has 3 rings (SSSR count). The first kappa shape index (κ1) is 27.6. The molecular weight excluding hydrogens is 479 g/mol. The van der Waals surface area contributed by atoms with Crippen molar-refractivity contribution in [1.82, 2.24) is 15.0 Å². The number of carbonyl (C=O) groups excluding carboxylic acids is 1. The van der Waals surface area contributed by atoms with E-state index in [1.54, 1.807) is 42.6 Å². The lowest BCUT2D eigenvalue weighted by atomic mass is 9.97. The molecule has 194 valence electrons. The standard InChI is InChI=1S/C27H29FN4O5/c1-16(2)25-22(12-11-20(34)14-21(35)15-24(36)37)26(18-7-9-19(28)10-8-18)31-27(30-25)32(17(3)33)23-6-4-5-13-29-23/h4-13,16,20-21,34-35H,14-15H2,1-3H3,(H,36,37)/t20-,21-/m1/s1. The van der Waals surface area contributed by atoms with Crippen molar-refractivity contribution in [2.75, 3.05) is 4.90 Å². The quantitative estimate of drug-likeness (QED) is 0.373. The highest BCUT2D eigenvalue weighted by Crippen LogP contribution is 2.33. The van der Waals surface area contributed by atoms with Crippen LogP contribution in [0.25, 0.3) is 17.3 Å². The van der Waals surface area contributed by atoms with Crippen molar-refractivity contribution in [2.24, 2.45) is 0 Å².